The highest BCUT2D eigenvalue weighted by Gasteiger charge is 2.11. The largest absolute Gasteiger partial charge is 0.462 e. The number of benzene rings is 1. The maximum absolute atomic E-state index is 12.1. The number of amides is 1. The topological polar surface area (TPSA) is 60.3 Å². The molecule has 2 aromatic rings. The lowest BCUT2D eigenvalue weighted by molar-refractivity contribution is 0.0526. The van der Waals surface area contributed by atoms with E-state index in [1.165, 1.54) is 0 Å². The van der Waals surface area contributed by atoms with Crippen molar-refractivity contribution in [1.82, 2.24) is 4.57 Å². The maximum atomic E-state index is 12.1. The lowest BCUT2D eigenvalue weighted by Gasteiger charge is -2.08. The summed E-state index contributed by atoms with van der Waals surface area (Å²) < 4.78 is 6.65. The molecule has 1 amide bonds. The van der Waals surface area contributed by atoms with Crippen LogP contribution in [0.25, 0.3) is 0 Å². The number of carbonyl (C=O) groups is 2. The molecule has 0 bridgehead atoms. The molecule has 0 fully saturated rings. The minimum atomic E-state index is -0.400. The summed E-state index contributed by atoms with van der Waals surface area (Å²) in [4.78, 5) is 23.7. The predicted octanol–water partition coefficient (Wildman–Crippen LogP) is 2.45. The van der Waals surface area contributed by atoms with Gasteiger partial charge in [0.25, 0.3) is 5.91 Å². The third-order valence-corrected chi connectivity index (χ3v) is 2.81. The number of rotatable bonds is 4. The molecule has 0 spiro atoms. The lowest BCUT2D eigenvalue weighted by Crippen LogP contribution is -2.15. The summed E-state index contributed by atoms with van der Waals surface area (Å²) in [7, 11) is 1.80. The van der Waals surface area contributed by atoms with Gasteiger partial charge in [-0.05, 0) is 37.3 Å². The van der Waals surface area contributed by atoms with Gasteiger partial charge in [0.2, 0.25) is 0 Å². The smallest absolute Gasteiger partial charge is 0.338 e. The Kier molecular flexibility index (Phi) is 4.20. The van der Waals surface area contributed by atoms with Gasteiger partial charge in [-0.25, -0.2) is 4.79 Å². The van der Waals surface area contributed by atoms with Crippen molar-refractivity contribution in [3.05, 3.63) is 53.9 Å². The Labute approximate surface area is 117 Å². The Hall–Kier alpha value is -2.56. The van der Waals surface area contributed by atoms with Gasteiger partial charge in [-0.1, -0.05) is 6.07 Å². The fourth-order valence-electron chi connectivity index (χ4n) is 1.83. The van der Waals surface area contributed by atoms with Crippen molar-refractivity contribution in [3.63, 3.8) is 0 Å². The van der Waals surface area contributed by atoms with E-state index in [1.807, 2.05) is 0 Å². The van der Waals surface area contributed by atoms with Gasteiger partial charge in [0, 0.05) is 18.9 Å². The zero-order valence-electron chi connectivity index (χ0n) is 11.4. The quantitative estimate of drug-likeness (QED) is 0.870. The molecule has 0 aliphatic rings. The van der Waals surface area contributed by atoms with Crippen LogP contribution in [0.3, 0.4) is 0 Å². The van der Waals surface area contributed by atoms with E-state index in [2.05, 4.69) is 5.32 Å². The van der Waals surface area contributed by atoms with Crippen LogP contribution in [0.1, 0.15) is 27.8 Å². The van der Waals surface area contributed by atoms with Gasteiger partial charge in [0.05, 0.1) is 12.2 Å². The van der Waals surface area contributed by atoms with Crippen molar-refractivity contribution in [2.45, 2.75) is 6.92 Å². The van der Waals surface area contributed by atoms with Crippen molar-refractivity contribution in [3.8, 4) is 0 Å². The predicted molar refractivity (Wildman–Crippen MR) is 75.8 cm³/mol. The van der Waals surface area contributed by atoms with Crippen LogP contribution >= 0.6 is 0 Å². The van der Waals surface area contributed by atoms with E-state index in [0.717, 1.165) is 0 Å². The van der Waals surface area contributed by atoms with Crippen molar-refractivity contribution in [2.24, 2.45) is 7.05 Å². The van der Waals surface area contributed by atoms with Crippen LogP contribution in [-0.4, -0.2) is 23.1 Å². The molecular formula is C15H16N2O3. The second-order valence-corrected chi connectivity index (χ2v) is 4.26. The van der Waals surface area contributed by atoms with Gasteiger partial charge < -0.3 is 14.6 Å². The van der Waals surface area contributed by atoms with Gasteiger partial charge >= 0.3 is 5.97 Å². The average Bonchev–Trinajstić information content (AvgIpc) is 2.85. The van der Waals surface area contributed by atoms with Crippen LogP contribution in [0.15, 0.2) is 42.6 Å². The van der Waals surface area contributed by atoms with Gasteiger partial charge in [0.1, 0.15) is 5.69 Å². The fourth-order valence-corrected chi connectivity index (χ4v) is 1.83. The number of nitrogens with zero attached hydrogens (tertiary/aromatic N) is 1. The van der Waals surface area contributed by atoms with E-state index in [1.54, 1.807) is 61.1 Å². The van der Waals surface area contributed by atoms with Crippen molar-refractivity contribution >= 4 is 17.6 Å². The molecule has 0 radical (unpaired) electrons. The van der Waals surface area contributed by atoms with Crippen LogP contribution in [0.5, 0.6) is 0 Å². The molecule has 0 aliphatic heterocycles. The first kappa shape index (κ1) is 13.9. The second kappa shape index (κ2) is 6.06. The molecule has 1 heterocycles. The maximum Gasteiger partial charge on any atom is 0.338 e. The molecular weight excluding hydrogens is 256 g/mol. The number of anilines is 1. The number of aryl methyl sites for hydroxylation is 1. The number of nitrogens with one attached hydrogen (secondary N) is 1. The molecule has 0 aliphatic carbocycles. The molecule has 20 heavy (non-hydrogen) atoms. The monoisotopic (exact) mass is 272 g/mol. The summed E-state index contributed by atoms with van der Waals surface area (Å²) in [5, 5.41) is 2.75. The molecule has 2 rings (SSSR count). The van der Waals surface area contributed by atoms with Crippen molar-refractivity contribution in [2.75, 3.05) is 11.9 Å². The third-order valence-electron chi connectivity index (χ3n) is 2.81. The molecule has 0 saturated heterocycles. The molecule has 0 atom stereocenters. The molecule has 1 aromatic heterocycles. The van der Waals surface area contributed by atoms with Crippen LogP contribution in [0, 0.1) is 0 Å². The van der Waals surface area contributed by atoms with Gasteiger partial charge in [-0.15, -0.1) is 0 Å². The minimum Gasteiger partial charge on any atom is -0.462 e. The van der Waals surface area contributed by atoms with Crippen LogP contribution in [0.2, 0.25) is 0 Å². The zero-order chi connectivity index (χ0) is 14.5. The highest BCUT2D eigenvalue weighted by atomic mass is 16.5. The standard InChI is InChI=1S/C15H16N2O3/c1-3-20-15(19)11-6-4-7-12(10-11)16-14(18)13-8-5-9-17(13)2/h4-10H,3H2,1-2H3,(H,16,18). The Bertz CT molecular complexity index is 632. The van der Waals surface area contributed by atoms with E-state index in [-0.39, 0.29) is 5.91 Å². The molecule has 0 unspecified atom stereocenters. The van der Waals surface area contributed by atoms with Crippen molar-refractivity contribution in [1.29, 1.82) is 0 Å². The Morgan fingerprint density at radius 1 is 1.25 bits per heavy atom. The number of ether oxygens (including phenoxy) is 1. The van der Waals surface area contributed by atoms with Gasteiger partial charge in [-0.2, -0.15) is 0 Å². The molecule has 104 valence electrons. The Morgan fingerprint density at radius 2 is 2.05 bits per heavy atom. The number of hydrogen-bond acceptors (Lipinski definition) is 3. The number of carbonyl (C=O) groups excluding carboxylic acids is 2. The fraction of sp³-hybridized carbons (Fsp3) is 0.200. The molecule has 5 heteroatoms. The summed E-state index contributed by atoms with van der Waals surface area (Å²) >= 11 is 0. The molecule has 1 aromatic carbocycles. The number of hydrogen-bond donors (Lipinski definition) is 1. The highest BCUT2D eigenvalue weighted by molar-refractivity contribution is 6.03. The normalized spacial score (nSPS) is 10.1. The Balaban J connectivity index is 2.14. The third kappa shape index (κ3) is 3.06. The van der Waals surface area contributed by atoms with E-state index in [9.17, 15) is 9.59 Å². The first-order chi connectivity index (χ1) is 9.61. The molecule has 0 saturated carbocycles. The zero-order valence-corrected chi connectivity index (χ0v) is 11.4. The molecule has 5 nitrogen and oxygen atoms in total. The summed E-state index contributed by atoms with van der Waals surface area (Å²) in [5.74, 6) is -0.624. The summed E-state index contributed by atoms with van der Waals surface area (Å²) in [6.07, 6.45) is 1.80. The minimum absolute atomic E-state index is 0.224. The first-order valence-electron chi connectivity index (χ1n) is 6.31. The van der Waals surface area contributed by atoms with Gasteiger partial charge in [0.15, 0.2) is 0 Å². The van der Waals surface area contributed by atoms with Crippen LogP contribution in [-0.2, 0) is 11.8 Å². The van der Waals surface area contributed by atoms with Gasteiger partial charge in [-0.3, -0.25) is 4.79 Å². The summed E-state index contributed by atoms with van der Waals surface area (Å²) in [6, 6.07) is 10.2. The molecule has 1 N–H and O–H groups in total. The Morgan fingerprint density at radius 3 is 2.70 bits per heavy atom. The van der Waals surface area contributed by atoms with Crippen LogP contribution in [0.4, 0.5) is 5.69 Å². The number of aromatic nitrogens is 1. The van der Waals surface area contributed by atoms with E-state index < -0.39 is 5.97 Å². The SMILES string of the molecule is CCOC(=O)c1cccc(NC(=O)c2cccn2C)c1. The summed E-state index contributed by atoms with van der Waals surface area (Å²) in [6.45, 7) is 2.07. The van der Waals surface area contributed by atoms with E-state index in [4.69, 9.17) is 4.74 Å². The highest BCUT2D eigenvalue weighted by Crippen LogP contribution is 2.13. The van der Waals surface area contributed by atoms with E-state index >= 15 is 0 Å². The van der Waals surface area contributed by atoms with Crippen molar-refractivity contribution < 1.29 is 14.3 Å². The number of esters is 1. The second-order valence-electron chi connectivity index (χ2n) is 4.26. The average molecular weight is 272 g/mol. The lowest BCUT2D eigenvalue weighted by atomic mass is 10.2. The van der Waals surface area contributed by atoms with E-state index in [0.29, 0.717) is 23.6 Å². The first-order valence-corrected chi connectivity index (χ1v) is 6.31. The van der Waals surface area contributed by atoms with Crippen LogP contribution < -0.4 is 5.32 Å². The summed E-state index contributed by atoms with van der Waals surface area (Å²) in [5.41, 5.74) is 1.52.